The van der Waals surface area contributed by atoms with Gasteiger partial charge in [-0.15, -0.1) is 11.3 Å². The van der Waals surface area contributed by atoms with Crippen LogP contribution < -0.4 is 5.32 Å². The molecule has 0 saturated heterocycles. The van der Waals surface area contributed by atoms with E-state index in [1.807, 2.05) is 14.1 Å². The fourth-order valence-electron chi connectivity index (χ4n) is 2.19. The summed E-state index contributed by atoms with van der Waals surface area (Å²) in [6, 6.07) is 4.27. The number of aliphatic imine (C=N–C) groups is 1. The van der Waals surface area contributed by atoms with Gasteiger partial charge in [-0.1, -0.05) is 19.9 Å². The van der Waals surface area contributed by atoms with Crippen molar-refractivity contribution < 1.29 is 0 Å². The molecule has 0 saturated carbocycles. The molecule has 0 unspecified atom stereocenters. The molecule has 0 spiro atoms. The van der Waals surface area contributed by atoms with Crippen molar-refractivity contribution in [3.8, 4) is 0 Å². The monoisotopic (exact) mass is 320 g/mol. The van der Waals surface area contributed by atoms with E-state index in [0.29, 0.717) is 6.54 Å². The number of nitrogens with one attached hydrogen (secondary N) is 1. The molecular weight excluding hydrogens is 296 g/mol. The lowest BCUT2D eigenvalue weighted by Crippen LogP contribution is -2.44. The highest BCUT2D eigenvalue weighted by Gasteiger charge is 2.22. The zero-order valence-electron chi connectivity index (χ0n) is 13.9. The summed E-state index contributed by atoms with van der Waals surface area (Å²) < 4.78 is 1.78. The second-order valence-electron chi connectivity index (χ2n) is 5.92. The lowest BCUT2D eigenvalue weighted by molar-refractivity contribution is 0.433. The third kappa shape index (κ3) is 3.85. The Bertz CT molecular complexity index is 614. The van der Waals surface area contributed by atoms with E-state index in [1.165, 1.54) is 4.88 Å². The number of rotatable bonds is 5. The first kappa shape index (κ1) is 16.5. The van der Waals surface area contributed by atoms with E-state index in [2.05, 4.69) is 56.7 Å². The molecule has 2 rings (SSSR count). The van der Waals surface area contributed by atoms with Gasteiger partial charge in [0.1, 0.15) is 12.2 Å². The van der Waals surface area contributed by atoms with Crippen molar-refractivity contribution in [1.82, 2.24) is 25.0 Å². The van der Waals surface area contributed by atoms with Gasteiger partial charge in [-0.05, 0) is 11.4 Å². The average molecular weight is 320 g/mol. The molecule has 0 aliphatic heterocycles. The van der Waals surface area contributed by atoms with Gasteiger partial charge in [0, 0.05) is 38.0 Å². The molecule has 0 atom stereocenters. The zero-order chi connectivity index (χ0) is 16.2. The molecule has 22 heavy (non-hydrogen) atoms. The largest absolute Gasteiger partial charge is 0.355 e. The Labute approximate surface area is 135 Å². The molecule has 0 amide bonds. The topological polar surface area (TPSA) is 58.3 Å². The van der Waals surface area contributed by atoms with Crippen molar-refractivity contribution in [2.75, 3.05) is 20.6 Å². The van der Waals surface area contributed by atoms with Crippen LogP contribution in [0.25, 0.3) is 0 Å². The van der Waals surface area contributed by atoms with Crippen LogP contribution in [0.4, 0.5) is 0 Å². The summed E-state index contributed by atoms with van der Waals surface area (Å²) in [5.41, 5.74) is 0.0652. The van der Waals surface area contributed by atoms with Gasteiger partial charge >= 0.3 is 0 Å². The van der Waals surface area contributed by atoms with E-state index >= 15 is 0 Å². The van der Waals surface area contributed by atoms with Crippen LogP contribution in [-0.2, 0) is 19.0 Å². The molecular formula is C15H24N6S. The van der Waals surface area contributed by atoms with Gasteiger partial charge in [-0.2, -0.15) is 5.10 Å². The quantitative estimate of drug-likeness (QED) is 0.675. The third-order valence-corrected chi connectivity index (χ3v) is 4.87. The molecule has 0 bridgehead atoms. The zero-order valence-corrected chi connectivity index (χ0v) is 14.7. The molecule has 0 aliphatic carbocycles. The second kappa shape index (κ2) is 6.91. The molecule has 6 nitrogen and oxygen atoms in total. The minimum Gasteiger partial charge on any atom is -0.355 e. The van der Waals surface area contributed by atoms with Crippen LogP contribution in [0.15, 0.2) is 28.8 Å². The van der Waals surface area contributed by atoms with E-state index in [-0.39, 0.29) is 5.41 Å². The maximum absolute atomic E-state index is 4.36. The Morgan fingerprint density at radius 3 is 2.82 bits per heavy atom. The number of nitrogens with zero attached hydrogens (tertiary/aromatic N) is 5. The highest BCUT2D eigenvalue weighted by atomic mass is 32.1. The molecule has 0 aliphatic rings. The van der Waals surface area contributed by atoms with Gasteiger partial charge in [0.15, 0.2) is 5.96 Å². The minimum atomic E-state index is 0.0652. The maximum Gasteiger partial charge on any atom is 0.193 e. The van der Waals surface area contributed by atoms with Gasteiger partial charge in [0.2, 0.25) is 0 Å². The summed E-state index contributed by atoms with van der Waals surface area (Å²) in [5.74, 6) is 1.76. The number of thiophene rings is 1. The number of aryl methyl sites for hydroxylation is 1. The minimum absolute atomic E-state index is 0.0652. The predicted octanol–water partition coefficient (Wildman–Crippen LogP) is 1.86. The maximum atomic E-state index is 4.36. The summed E-state index contributed by atoms with van der Waals surface area (Å²) in [5, 5.41) is 9.67. The summed E-state index contributed by atoms with van der Waals surface area (Å²) >= 11 is 1.79. The average Bonchev–Trinajstić information content (AvgIpc) is 3.12. The lowest BCUT2D eigenvalue weighted by Gasteiger charge is -2.28. The van der Waals surface area contributed by atoms with Crippen molar-refractivity contribution >= 4 is 17.3 Å². The number of aromatic nitrogens is 3. The Morgan fingerprint density at radius 1 is 1.50 bits per heavy atom. The van der Waals surface area contributed by atoms with Gasteiger partial charge < -0.3 is 10.2 Å². The summed E-state index contributed by atoms with van der Waals surface area (Å²) in [4.78, 5) is 12.0. The molecule has 2 aromatic rings. The van der Waals surface area contributed by atoms with Crippen molar-refractivity contribution in [2.45, 2.75) is 25.8 Å². The summed E-state index contributed by atoms with van der Waals surface area (Å²) in [7, 11) is 5.70. The van der Waals surface area contributed by atoms with Gasteiger partial charge in [0.05, 0.1) is 6.54 Å². The molecule has 7 heteroatoms. The number of hydrogen-bond donors (Lipinski definition) is 1. The Kier molecular flexibility index (Phi) is 5.18. The van der Waals surface area contributed by atoms with Gasteiger partial charge in [-0.25, -0.2) is 4.98 Å². The van der Waals surface area contributed by atoms with E-state index < -0.39 is 0 Å². The van der Waals surface area contributed by atoms with Crippen LogP contribution in [0.2, 0.25) is 0 Å². The van der Waals surface area contributed by atoms with Crippen LogP contribution in [0.3, 0.4) is 0 Å². The lowest BCUT2D eigenvalue weighted by atomic mass is 9.91. The van der Waals surface area contributed by atoms with Crippen molar-refractivity contribution in [1.29, 1.82) is 0 Å². The van der Waals surface area contributed by atoms with Gasteiger partial charge in [-0.3, -0.25) is 9.67 Å². The first-order valence-electron chi connectivity index (χ1n) is 7.22. The van der Waals surface area contributed by atoms with Crippen LogP contribution in [-0.4, -0.2) is 46.3 Å². The second-order valence-corrected chi connectivity index (χ2v) is 6.87. The Morgan fingerprint density at radius 2 is 2.27 bits per heavy atom. The molecule has 2 heterocycles. The number of hydrogen-bond acceptors (Lipinski definition) is 4. The molecule has 0 fully saturated rings. The molecule has 0 radical (unpaired) electrons. The van der Waals surface area contributed by atoms with Crippen LogP contribution in [0.1, 0.15) is 24.5 Å². The molecule has 0 aromatic carbocycles. The Hall–Kier alpha value is -1.89. The Balaban J connectivity index is 1.96. The first-order chi connectivity index (χ1) is 10.4. The standard InChI is InChI=1S/C15H24N6S/c1-15(2,12-7-6-8-22-12)10-17-14(16-3)20(4)9-13-18-11-19-21(13)5/h6-8,11H,9-10H2,1-5H3,(H,16,17). The highest BCUT2D eigenvalue weighted by molar-refractivity contribution is 7.10. The predicted molar refractivity (Wildman–Crippen MR) is 91.2 cm³/mol. The van der Waals surface area contributed by atoms with Crippen molar-refractivity contribution in [3.05, 3.63) is 34.5 Å². The fourth-order valence-corrected chi connectivity index (χ4v) is 3.04. The van der Waals surface area contributed by atoms with Crippen molar-refractivity contribution in [2.24, 2.45) is 12.0 Å². The fraction of sp³-hybridized carbons (Fsp3) is 0.533. The van der Waals surface area contributed by atoms with Crippen molar-refractivity contribution in [3.63, 3.8) is 0 Å². The van der Waals surface area contributed by atoms with Gasteiger partial charge in [0.25, 0.3) is 0 Å². The third-order valence-electron chi connectivity index (χ3n) is 3.63. The van der Waals surface area contributed by atoms with Crippen LogP contribution in [0.5, 0.6) is 0 Å². The molecule has 2 aromatic heterocycles. The normalized spacial score (nSPS) is 12.5. The number of guanidine groups is 1. The van der Waals surface area contributed by atoms with Crippen LogP contribution >= 0.6 is 11.3 Å². The van der Waals surface area contributed by atoms with E-state index in [4.69, 9.17) is 0 Å². The smallest absolute Gasteiger partial charge is 0.193 e. The highest BCUT2D eigenvalue weighted by Crippen LogP contribution is 2.26. The molecule has 1 N–H and O–H groups in total. The summed E-state index contributed by atoms with van der Waals surface area (Å²) in [6.07, 6.45) is 1.57. The van der Waals surface area contributed by atoms with Crippen LogP contribution in [0, 0.1) is 0 Å². The molecule has 120 valence electrons. The van der Waals surface area contributed by atoms with E-state index in [9.17, 15) is 0 Å². The SMILES string of the molecule is CN=C(NCC(C)(C)c1cccs1)N(C)Cc1ncnn1C. The van der Waals surface area contributed by atoms with E-state index in [0.717, 1.165) is 18.3 Å². The van der Waals surface area contributed by atoms with E-state index in [1.54, 1.807) is 29.4 Å². The first-order valence-corrected chi connectivity index (χ1v) is 8.10. The summed E-state index contributed by atoms with van der Waals surface area (Å²) in [6.45, 7) is 5.96.